The lowest BCUT2D eigenvalue weighted by Gasteiger charge is -2.15. The zero-order valence-electron chi connectivity index (χ0n) is 18.3. The maximum Gasteiger partial charge on any atom is 0.231 e. The molecule has 172 valence electrons. The number of anilines is 1. The summed E-state index contributed by atoms with van der Waals surface area (Å²) in [7, 11) is 0. The van der Waals surface area contributed by atoms with Gasteiger partial charge < -0.3 is 29.6 Å². The van der Waals surface area contributed by atoms with Gasteiger partial charge in [-0.1, -0.05) is 6.07 Å². The van der Waals surface area contributed by atoms with Gasteiger partial charge in [-0.15, -0.1) is 0 Å². The van der Waals surface area contributed by atoms with Crippen molar-refractivity contribution in [1.29, 1.82) is 0 Å². The summed E-state index contributed by atoms with van der Waals surface area (Å²) < 4.78 is 24.3. The van der Waals surface area contributed by atoms with E-state index < -0.39 is 0 Å². The molecule has 0 atom stereocenters. The molecule has 5 rings (SSSR count). The largest absolute Gasteiger partial charge is 0.490 e. The molecule has 0 saturated carbocycles. The third kappa shape index (κ3) is 5.49. The molecular formula is C24H27N5O4. The van der Waals surface area contributed by atoms with E-state index in [1.807, 2.05) is 53.3 Å². The van der Waals surface area contributed by atoms with Crippen LogP contribution >= 0.6 is 0 Å². The van der Waals surface area contributed by atoms with Gasteiger partial charge in [0.1, 0.15) is 0 Å². The van der Waals surface area contributed by atoms with E-state index in [4.69, 9.17) is 23.9 Å². The quantitative estimate of drug-likeness (QED) is 0.423. The molecule has 2 N–H and O–H groups in total. The lowest BCUT2D eigenvalue weighted by molar-refractivity contribution is 0.174. The highest BCUT2D eigenvalue weighted by atomic mass is 16.7. The van der Waals surface area contributed by atoms with Gasteiger partial charge in [-0.2, -0.15) is 5.10 Å². The van der Waals surface area contributed by atoms with Crippen LogP contribution in [0.2, 0.25) is 0 Å². The van der Waals surface area contributed by atoms with Gasteiger partial charge in [0.15, 0.2) is 29.0 Å². The molecule has 2 aromatic carbocycles. The molecule has 0 bridgehead atoms. The topological polar surface area (TPSA) is 91.2 Å². The maximum absolute atomic E-state index is 5.82. The lowest BCUT2D eigenvalue weighted by atomic mass is 10.1. The molecular weight excluding hydrogens is 422 g/mol. The summed E-state index contributed by atoms with van der Waals surface area (Å²) in [5, 5.41) is 11.0. The Balaban J connectivity index is 1.25. The van der Waals surface area contributed by atoms with Gasteiger partial charge in [0.2, 0.25) is 6.79 Å². The van der Waals surface area contributed by atoms with Crippen molar-refractivity contribution in [3.8, 4) is 23.0 Å². The van der Waals surface area contributed by atoms with Crippen LogP contribution in [0.15, 0.2) is 59.9 Å². The van der Waals surface area contributed by atoms with E-state index in [9.17, 15) is 0 Å². The number of hydrogen-bond acceptors (Lipinski definition) is 6. The zero-order valence-corrected chi connectivity index (χ0v) is 18.3. The first-order chi connectivity index (χ1) is 16.3. The van der Waals surface area contributed by atoms with Crippen LogP contribution in [0.3, 0.4) is 0 Å². The normalized spacial score (nSPS) is 14.6. The first-order valence-electron chi connectivity index (χ1n) is 11.1. The second-order valence-corrected chi connectivity index (χ2v) is 7.70. The molecule has 0 saturated heterocycles. The predicted octanol–water partition coefficient (Wildman–Crippen LogP) is 3.07. The van der Waals surface area contributed by atoms with Gasteiger partial charge >= 0.3 is 0 Å². The van der Waals surface area contributed by atoms with Crippen LogP contribution in [-0.4, -0.2) is 48.8 Å². The fourth-order valence-electron chi connectivity index (χ4n) is 3.63. The van der Waals surface area contributed by atoms with Crippen molar-refractivity contribution in [2.24, 2.45) is 4.99 Å². The SMILES string of the molecule is c1cnn(CCNC(=NCCc2ccc3c(c2)OCO3)Nc2ccc3c(c2)OCCCO3)c1. The Labute approximate surface area is 192 Å². The minimum Gasteiger partial charge on any atom is -0.490 e. The van der Waals surface area contributed by atoms with Crippen LogP contribution in [0.4, 0.5) is 5.69 Å². The molecule has 0 spiro atoms. The molecule has 9 nitrogen and oxygen atoms in total. The number of aromatic nitrogens is 2. The van der Waals surface area contributed by atoms with E-state index in [0.29, 0.717) is 32.3 Å². The molecule has 3 aromatic rings. The molecule has 2 aliphatic heterocycles. The molecule has 0 radical (unpaired) electrons. The summed E-state index contributed by atoms with van der Waals surface area (Å²) in [6, 6.07) is 13.8. The molecule has 0 amide bonds. The Bertz CT molecular complexity index is 1100. The lowest BCUT2D eigenvalue weighted by Crippen LogP contribution is -2.33. The van der Waals surface area contributed by atoms with Crippen molar-refractivity contribution >= 4 is 11.6 Å². The number of guanidine groups is 1. The van der Waals surface area contributed by atoms with E-state index in [1.165, 1.54) is 0 Å². The minimum atomic E-state index is 0.278. The summed E-state index contributed by atoms with van der Waals surface area (Å²) in [4.78, 5) is 4.78. The van der Waals surface area contributed by atoms with Crippen molar-refractivity contribution < 1.29 is 18.9 Å². The number of hydrogen-bond donors (Lipinski definition) is 2. The summed E-state index contributed by atoms with van der Waals surface area (Å²) in [6.07, 6.45) is 5.37. The molecule has 3 heterocycles. The average molecular weight is 450 g/mol. The van der Waals surface area contributed by atoms with Gasteiger partial charge in [0.05, 0.1) is 19.8 Å². The predicted molar refractivity (Wildman–Crippen MR) is 124 cm³/mol. The number of fused-ring (bicyclic) bond motifs is 2. The van der Waals surface area contributed by atoms with E-state index in [-0.39, 0.29) is 6.79 Å². The number of ether oxygens (including phenoxy) is 4. The van der Waals surface area contributed by atoms with Gasteiger partial charge in [0, 0.05) is 43.7 Å². The van der Waals surface area contributed by atoms with E-state index >= 15 is 0 Å². The van der Waals surface area contributed by atoms with Crippen LogP contribution in [0.1, 0.15) is 12.0 Å². The Morgan fingerprint density at radius 2 is 1.79 bits per heavy atom. The third-order valence-electron chi connectivity index (χ3n) is 5.31. The van der Waals surface area contributed by atoms with E-state index in [0.717, 1.165) is 53.6 Å². The van der Waals surface area contributed by atoms with Crippen LogP contribution in [0, 0.1) is 0 Å². The molecule has 9 heteroatoms. The van der Waals surface area contributed by atoms with Crippen molar-refractivity contribution in [3.05, 3.63) is 60.4 Å². The van der Waals surface area contributed by atoms with Gasteiger partial charge in [-0.3, -0.25) is 9.67 Å². The van der Waals surface area contributed by atoms with Crippen LogP contribution < -0.4 is 29.6 Å². The highest BCUT2D eigenvalue weighted by Crippen LogP contribution is 2.33. The van der Waals surface area contributed by atoms with Crippen molar-refractivity contribution in [1.82, 2.24) is 15.1 Å². The Kier molecular flexibility index (Phi) is 6.46. The summed E-state index contributed by atoms with van der Waals surface area (Å²) in [6.45, 7) is 3.62. The van der Waals surface area contributed by atoms with E-state index in [2.05, 4.69) is 15.7 Å². The molecule has 2 aliphatic rings. The number of benzene rings is 2. The smallest absolute Gasteiger partial charge is 0.231 e. The summed E-state index contributed by atoms with van der Waals surface area (Å²) in [5.41, 5.74) is 2.03. The maximum atomic E-state index is 5.82. The fraction of sp³-hybridized carbons (Fsp3) is 0.333. The zero-order chi connectivity index (χ0) is 22.3. The fourth-order valence-corrected chi connectivity index (χ4v) is 3.63. The summed E-state index contributed by atoms with van der Waals surface area (Å²) >= 11 is 0. The van der Waals surface area contributed by atoms with E-state index in [1.54, 1.807) is 6.20 Å². The Hall–Kier alpha value is -3.88. The van der Waals surface area contributed by atoms with Crippen molar-refractivity contribution in [2.75, 3.05) is 38.4 Å². The standard InChI is InChI=1S/C24H27N5O4/c1-8-27-29(11-1)12-10-26-24(25-9-7-18-3-5-21-22(15-18)33-17-32-21)28-19-4-6-20-23(16-19)31-14-2-13-30-20/h1,3-6,8,11,15-16H,2,7,9-10,12-14,17H2,(H2,25,26,28). The second-order valence-electron chi connectivity index (χ2n) is 7.70. The Morgan fingerprint density at radius 1 is 0.970 bits per heavy atom. The van der Waals surface area contributed by atoms with Crippen LogP contribution in [0.25, 0.3) is 0 Å². The molecule has 1 aromatic heterocycles. The Morgan fingerprint density at radius 3 is 2.70 bits per heavy atom. The molecule has 0 fully saturated rings. The van der Waals surface area contributed by atoms with Crippen LogP contribution in [0.5, 0.6) is 23.0 Å². The summed E-state index contributed by atoms with van der Waals surface area (Å²) in [5.74, 6) is 3.79. The first kappa shape index (κ1) is 21.0. The van der Waals surface area contributed by atoms with Gasteiger partial charge in [0.25, 0.3) is 0 Å². The van der Waals surface area contributed by atoms with Crippen molar-refractivity contribution in [2.45, 2.75) is 19.4 Å². The molecule has 33 heavy (non-hydrogen) atoms. The third-order valence-corrected chi connectivity index (χ3v) is 5.31. The number of nitrogens with one attached hydrogen (secondary N) is 2. The number of rotatable bonds is 7. The van der Waals surface area contributed by atoms with Gasteiger partial charge in [-0.05, 0) is 42.3 Å². The average Bonchev–Trinajstić information content (AvgIpc) is 3.46. The monoisotopic (exact) mass is 449 g/mol. The highest BCUT2D eigenvalue weighted by Gasteiger charge is 2.14. The van der Waals surface area contributed by atoms with Crippen LogP contribution in [-0.2, 0) is 13.0 Å². The second kappa shape index (κ2) is 10.2. The number of nitrogens with zero attached hydrogens (tertiary/aromatic N) is 3. The first-order valence-corrected chi connectivity index (χ1v) is 11.1. The van der Waals surface area contributed by atoms with Gasteiger partial charge in [-0.25, -0.2) is 0 Å². The minimum absolute atomic E-state index is 0.278. The number of aliphatic imine (C=N–C) groups is 1. The molecule has 0 unspecified atom stereocenters. The highest BCUT2D eigenvalue weighted by molar-refractivity contribution is 5.94. The van der Waals surface area contributed by atoms with Crippen molar-refractivity contribution in [3.63, 3.8) is 0 Å². The molecule has 0 aliphatic carbocycles.